The largest absolute Gasteiger partial charge is 0.334 e. The van der Waals surface area contributed by atoms with E-state index < -0.39 is 0 Å². The van der Waals surface area contributed by atoms with Crippen molar-refractivity contribution in [3.63, 3.8) is 0 Å². The van der Waals surface area contributed by atoms with Crippen LogP contribution in [-0.4, -0.2) is 30.6 Å². The molecule has 0 radical (unpaired) electrons. The maximum Gasteiger partial charge on any atom is 0.317 e. The first-order valence-electron chi connectivity index (χ1n) is 5.89. The molecule has 1 aromatic rings. The van der Waals surface area contributed by atoms with Crippen molar-refractivity contribution in [3.05, 3.63) is 35.9 Å². The summed E-state index contributed by atoms with van der Waals surface area (Å²) in [5, 5.41) is 2.88. The first-order valence-corrected chi connectivity index (χ1v) is 5.89. The summed E-state index contributed by atoms with van der Waals surface area (Å²) in [6, 6.07) is 9.96. The molecule has 0 saturated carbocycles. The highest BCUT2D eigenvalue weighted by Gasteiger charge is 2.14. The van der Waals surface area contributed by atoms with Crippen LogP contribution in [0.5, 0.6) is 0 Å². The van der Waals surface area contributed by atoms with Crippen LogP contribution >= 0.6 is 0 Å². The van der Waals surface area contributed by atoms with Gasteiger partial charge in [0.25, 0.3) is 0 Å². The molecule has 1 atom stereocenters. The number of hydrogen-bond acceptors (Lipinski definition) is 2. The van der Waals surface area contributed by atoms with Gasteiger partial charge < -0.3 is 16.0 Å². The summed E-state index contributed by atoms with van der Waals surface area (Å²) < 4.78 is 0. The molecule has 0 saturated heterocycles. The van der Waals surface area contributed by atoms with Gasteiger partial charge in [-0.3, -0.25) is 0 Å². The summed E-state index contributed by atoms with van der Waals surface area (Å²) in [5.41, 5.74) is 6.57. The van der Waals surface area contributed by atoms with Crippen molar-refractivity contribution in [2.24, 2.45) is 5.73 Å². The standard InChI is InChI=1S/C13H21N3O/c1-11(8-9-14)16(2)13(17)15-10-12-6-4-3-5-7-12/h3-7,11H,8-10,14H2,1-2H3,(H,15,17). The molecule has 4 heteroatoms. The average Bonchev–Trinajstić information content (AvgIpc) is 2.36. The van der Waals surface area contributed by atoms with Crippen molar-refractivity contribution < 1.29 is 4.79 Å². The van der Waals surface area contributed by atoms with E-state index in [4.69, 9.17) is 5.73 Å². The number of nitrogens with two attached hydrogens (primary N) is 1. The fraction of sp³-hybridized carbons (Fsp3) is 0.462. The minimum atomic E-state index is -0.0604. The summed E-state index contributed by atoms with van der Waals surface area (Å²) in [5.74, 6) is 0. The third kappa shape index (κ3) is 4.44. The number of carbonyl (C=O) groups excluding carboxylic acids is 1. The van der Waals surface area contributed by atoms with Crippen LogP contribution in [0, 0.1) is 0 Å². The Morgan fingerprint density at radius 1 is 1.41 bits per heavy atom. The van der Waals surface area contributed by atoms with Crippen molar-refractivity contribution >= 4 is 6.03 Å². The zero-order valence-corrected chi connectivity index (χ0v) is 10.5. The Labute approximate surface area is 103 Å². The van der Waals surface area contributed by atoms with Gasteiger partial charge in [0.05, 0.1) is 0 Å². The number of nitrogens with one attached hydrogen (secondary N) is 1. The summed E-state index contributed by atoms with van der Waals surface area (Å²) in [6.45, 7) is 3.14. The van der Waals surface area contributed by atoms with Crippen LogP contribution in [0.1, 0.15) is 18.9 Å². The fourth-order valence-corrected chi connectivity index (χ4v) is 1.53. The number of carbonyl (C=O) groups is 1. The highest BCUT2D eigenvalue weighted by molar-refractivity contribution is 5.74. The third-order valence-corrected chi connectivity index (χ3v) is 2.85. The third-order valence-electron chi connectivity index (χ3n) is 2.85. The van der Waals surface area contributed by atoms with Gasteiger partial charge in [-0.25, -0.2) is 4.79 Å². The highest BCUT2D eigenvalue weighted by atomic mass is 16.2. The Morgan fingerprint density at radius 3 is 2.65 bits per heavy atom. The first kappa shape index (κ1) is 13.5. The van der Waals surface area contributed by atoms with Gasteiger partial charge in [-0.1, -0.05) is 30.3 Å². The van der Waals surface area contributed by atoms with E-state index in [9.17, 15) is 4.79 Å². The number of hydrogen-bond donors (Lipinski definition) is 2. The zero-order valence-electron chi connectivity index (χ0n) is 10.5. The topological polar surface area (TPSA) is 58.4 Å². The molecule has 3 N–H and O–H groups in total. The molecule has 1 rings (SSSR count). The molecule has 0 aliphatic rings. The van der Waals surface area contributed by atoms with Gasteiger partial charge in [-0.05, 0) is 25.5 Å². The lowest BCUT2D eigenvalue weighted by Crippen LogP contribution is -2.42. The molecular formula is C13H21N3O. The van der Waals surface area contributed by atoms with E-state index in [1.807, 2.05) is 37.3 Å². The Bertz CT molecular complexity index is 340. The van der Waals surface area contributed by atoms with Crippen LogP contribution in [0.3, 0.4) is 0 Å². The predicted molar refractivity (Wildman–Crippen MR) is 69.6 cm³/mol. The van der Waals surface area contributed by atoms with Crippen molar-refractivity contribution in [2.75, 3.05) is 13.6 Å². The minimum absolute atomic E-state index is 0.0604. The van der Waals surface area contributed by atoms with Gasteiger partial charge in [0.2, 0.25) is 0 Å². The Balaban J connectivity index is 2.39. The Hall–Kier alpha value is -1.55. The Morgan fingerprint density at radius 2 is 2.06 bits per heavy atom. The number of amides is 2. The van der Waals surface area contributed by atoms with Crippen LogP contribution in [-0.2, 0) is 6.54 Å². The molecule has 0 heterocycles. The van der Waals surface area contributed by atoms with Crippen LogP contribution in [0.25, 0.3) is 0 Å². The first-order chi connectivity index (χ1) is 8.15. The maximum atomic E-state index is 11.8. The van der Waals surface area contributed by atoms with Gasteiger partial charge in [0.15, 0.2) is 0 Å². The van der Waals surface area contributed by atoms with E-state index in [1.165, 1.54) is 0 Å². The van der Waals surface area contributed by atoms with Crippen LogP contribution in [0.2, 0.25) is 0 Å². The lowest BCUT2D eigenvalue weighted by molar-refractivity contribution is 0.191. The van der Waals surface area contributed by atoms with E-state index in [-0.39, 0.29) is 12.1 Å². The maximum absolute atomic E-state index is 11.8. The van der Waals surface area contributed by atoms with Crippen molar-refractivity contribution in [1.29, 1.82) is 0 Å². The second-order valence-electron chi connectivity index (χ2n) is 4.18. The molecule has 1 aromatic carbocycles. The second-order valence-corrected chi connectivity index (χ2v) is 4.18. The monoisotopic (exact) mass is 235 g/mol. The number of urea groups is 1. The van der Waals surface area contributed by atoms with E-state index in [0.717, 1.165) is 12.0 Å². The van der Waals surface area contributed by atoms with Crippen molar-refractivity contribution in [1.82, 2.24) is 10.2 Å². The van der Waals surface area contributed by atoms with Gasteiger partial charge in [0, 0.05) is 19.6 Å². The molecule has 0 fully saturated rings. The Kier molecular flexibility index (Phi) is 5.49. The smallest absolute Gasteiger partial charge is 0.317 e. The molecular weight excluding hydrogens is 214 g/mol. The predicted octanol–water partition coefficient (Wildman–Crippen LogP) is 1.57. The van der Waals surface area contributed by atoms with Crippen LogP contribution in [0.4, 0.5) is 4.79 Å². The summed E-state index contributed by atoms with van der Waals surface area (Å²) >= 11 is 0. The molecule has 0 aliphatic heterocycles. The molecule has 0 bridgehead atoms. The lowest BCUT2D eigenvalue weighted by Gasteiger charge is -2.24. The molecule has 2 amide bonds. The zero-order chi connectivity index (χ0) is 12.7. The molecule has 17 heavy (non-hydrogen) atoms. The lowest BCUT2D eigenvalue weighted by atomic mass is 10.2. The van der Waals surface area contributed by atoms with Gasteiger partial charge in [0.1, 0.15) is 0 Å². The van der Waals surface area contributed by atoms with Crippen LogP contribution < -0.4 is 11.1 Å². The normalized spacial score (nSPS) is 11.9. The summed E-state index contributed by atoms with van der Waals surface area (Å²) in [4.78, 5) is 13.5. The highest BCUT2D eigenvalue weighted by Crippen LogP contribution is 2.02. The SMILES string of the molecule is CC(CCN)N(C)C(=O)NCc1ccccc1. The van der Waals surface area contributed by atoms with Crippen molar-refractivity contribution in [3.8, 4) is 0 Å². The second kappa shape index (κ2) is 6.91. The quantitative estimate of drug-likeness (QED) is 0.813. The molecule has 0 aliphatic carbocycles. The molecule has 0 aromatic heterocycles. The van der Waals surface area contributed by atoms with E-state index in [0.29, 0.717) is 13.1 Å². The van der Waals surface area contributed by atoms with Crippen LogP contribution in [0.15, 0.2) is 30.3 Å². The van der Waals surface area contributed by atoms with Gasteiger partial charge in [-0.2, -0.15) is 0 Å². The van der Waals surface area contributed by atoms with E-state index in [2.05, 4.69) is 5.32 Å². The number of nitrogens with zero attached hydrogens (tertiary/aromatic N) is 1. The molecule has 4 nitrogen and oxygen atoms in total. The molecule has 1 unspecified atom stereocenters. The summed E-state index contributed by atoms with van der Waals surface area (Å²) in [6.07, 6.45) is 0.815. The van der Waals surface area contributed by atoms with E-state index in [1.54, 1.807) is 11.9 Å². The molecule has 0 spiro atoms. The van der Waals surface area contributed by atoms with Crippen molar-refractivity contribution in [2.45, 2.75) is 25.9 Å². The summed E-state index contributed by atoms with van der Waals surface area (Å²) in [7, 11) is 1.79. The van der Waals surface area contributed by atoms with Gasteiger partial charge in [-0.15, -0.1) is 0 Å². The number of benzene rings is 1. The molecule has 94 valence electrons. The average molecular weight is 235 g/mol. The minimum Gasteiger partial charge on any atom is -0.334 e. The fourth-order valence-electron chi connectivity index (χ4n) is 1.53. The van der Waals surface area contributed by atoms with Gasteiger partial charge >= 0.3 is 6.03 Å². The number of rotatable bonds is 5. The van der Waals surface area contributed by atoms with E-state index >= 15 is 0 Å².